The van der Waals surface area contributed by atoms with Crippen LogP contribution in [0.5, 0.6) is 0 Å². The molecule has 138 valence electrons. The number of carbonyl (C=O) groups is 2. The molecule has 1 amide bonds. The molecule has 1 saturated heterocycles. The number of carbonyl (C=O) groups excluding carboxylic acids is 1. The molecular formula is C17H21N5O4. The highest BCUT2D eigenvalue weighted by atomic mass is 16.4. The van der Waals surface area contributed by atoms with Crippen molar-refractivity contribution in [1.29, 1.82) is 0 Å². The van der Waals surface area contributed by atoms with Crippen LogP contribution in [0.3, 0.4) is 0 Å². The molecule has 1 aliphatic rings. The molecule has 0 aliphatic carbocycles. The summed E-state index contributed by atoms with van der Waals surface area (Å²) in [5.41, 5.74) is 1.18. The Hall–Kier alpha value is -2.97. The van der Waals surface area contributed by atoms with Gasteiger partial charge in [-0.05, 0) is 31.9 Å². The number of hydrogen-bond acceptors (Lipinski definition) is 5. The zero-order valence-electron chi connectivity index (χ0n) is 14.5. The molecule has 0 unspecified atom stereocenters. The van der Waals surface area contributed by atoms with Gasteiger partial charge in [-0.15, -0.1) is 0 Å². The SMILES string of the molecule is Cc1ccc(=O)n(CC(=O)N2CCC[C@@H](c3ccnn3CC(=O)O)C2)n1. The molecule has 2 aromatic rings. The molecule has 1 atom stereocenters. The Morgan fingerprint density at radius 1 is 1.23 bits per heavy atom. The molecule has 1 N–H and O–H groups in total. The van der Waals surface area contributed by atoms with E-state index in [2.05, 4.69) is 10.2 Å². The van der Waals surface area contributed by atoms with Gasteiger partial charge in [0.1, 0.15) is 13.1 Å². The maximum absolute atomic E-state index is 12.6. The number of rotatable bonds is 5. The summed E-state index contributed by atoms with van der Waals surface area (Å²) in [7, 11) is 0. The highest BCUT2D eigenvalue weighted by Crippen LogP contribution is 2.26. The third-order valence-electron chi connectivity index (χ3n) is 4.51. The lowest BCUT2D eigenvalue weighted by atomic mass is 9.94. The van der Waals surface area contributed by atoms with E-state index >= 15 is 0 Å². The summed E-state index contributed by atoms with van der Waals surface area (Å²) in [5, 5.41) is 17.2. The number of aliphatic carboxylic acids is 1. The van der Waals surface area contributed by atoms with Crippen LogP contribution >= 0.6 is 0 Å². The van der Waals surface area contributed by atoms with Crippen molar-refractivity contribution < 1.29 is 14.7 Å². The number of likely N-dealkylation sites (tertiary alicyclic amines) is 1. The van der Waals surface area contributed by atoms with E-state index in [1.807, 2.05) is 0 Å². The highest BCUT2D eigenvalue weighted by Gasteiger charge is 2.27. The van der Waals surface area contributed by atoms with Crippen molar-refractivity contribution >= 4 is 11.9 Å². The molecule has 9 nitrogen and oxygen atoms in total. The number of hydrogen-bond donors (Lipinski definition) is 1. The number of nitrogens with zero attached hydrogens (tertiary/aromatic N) is 5. The fourth-order valence-corrected chi connectivity index (χ4v) is 3.29. The third kappa shape index (κ3) is 3.98. The van der Waals surface area contributed by atoms with Gasteiger partial charge in [0, 0.05) is 37.0 Å². The first-order valence-electron chi connectivity index (χ1n) is 8.50. The second kappa shape index (κ2) is 7.51. The molecule has 0 saturated carbocycles. The number of amides is 1. The van der Waals surface area contributed by atoms with Gasteiger partial charge in [0.05, 0.1) is 5.69 Å². The zero-order valence-corrected chi connectivity index (χ0v) is 14.5. The number of carboxylic acid groups (broad SMARTS) is 1. The van der Waals surface area contributed by atoms with Gasteiger partial charge in [-0.2, -0.15) is 10.2 Å². The van der Waals surface area contributed by atoms with Gasteiger partial charge in [-0.25, -0.2) is 4.68 Å². The summed E-state index contributed by atoms with van der Waals surface area (Å²) in [6.07, 6.45) is 3.25. The first-order valence-corrected chi connectivity index (χ1v) is 8.50. The molecule has 2 aromatic heterocycles. The van der Waals surface area contributed by atoms with Crippen LogP contribution in [0.2, 0.25) is 0 Å². The third-order valence-corrected chi connectivity index (χ3v) is 4.51. The van der Waals surface area contributed by atoms with Gasteiger partial charge in [0.15, 0.2) is 0 Å². The number of carboxylic acids is 1. The van der Waals surface area contributed by atoms with E-state index in [-0.39, 0.29) is 30.5 Å². The van der Waals surface area contributed by atoms with Gasteiger partial charge in [0.2, 0.25) is 5.91 Å². The predicted octanol–water partition coefficient (Wildman–Crippen LogP) is 0.239. The van der Waals surface area contributed by atoms with Crippen LogP contribution in [0.15, 0.2) is 29.2 Å². The Balaban J connectivity index is 1.71. The fourth-order valence-electron chi connectivity index (χ4n) is 3.29. The molecule has 0 spiro atoms. The highest BCUT2D eigenvalue weighted by molar-refractivity contribution is 5.76. The molecule has 0 bridgehead atoms. The van der Waals surface area contributed by atoms with Crippen molar-refractivity contribution in [2.75, 3.05) is 13.1 Å². The van der Waals surface area contributed by atoms with Crippen LogP contribution in [-0.2, 0) is 22.7 Å². The van der Waals surface area contributed by atoms with E-state index in [0.717, 1.165) is 18.5 Å². The van der Waals surface area contributed by atoms with E-state index in [1.54, 1.807) is 30.2 Å². The summed E-state index contributed by atoms with van der Waals surface area (Å²) >= 11 is 0. The van der Waals surface area contributed by atoms with Crippen LogP contribution in [0, 0.1) is 6.92 Å². The second-order valence-electron chi connectivity index (χ2n) is 6.46. The van der Waals surface area contributed by atoms with E-state index in [0.29, 0.717) is 18.8 Å². The van der Waals surface area contributed by atoms with Crippen LogP contribution in [0.4, 0.5) is 0 Å². The summed E-state index contributed by atoms with van der Waals surface area (Å²) in [5.74, 6) is -1.10. The van der Waals surface area contributed by atoms with E-state index in [1.165, 1.54) is 15.4 Å². The summed E-state index contributed by atoms with van der Waals surface area (Å²) in [4.78, 5) is 37.2. The molecule has 3 rings (SSSR count). The Morgan fingerprint density at radius 3 is 2.81 bits per heavy atom. The van der Waals surface area contributed by atoms with Crippen LogP contribution < -0.4 is 5.56 Å². The maximum atomic E-state index is 12.6. The number of piperidine rings is 1. The van der Waals surface area contributed by atoms with Crippen molar-refractivity contribution in [2.45, 2.75) is 38.8 Å². The largest absolute Gasteiger partial charge is 0.480 e. The quantitative estimate of drug-likeness (QED) is 0.819. The van der Waals surface area contributed by atoms with E-state index < -0.39 is 5.97 Å². The van der Waals surface area contributed by atoms with Gasteiger partial charge < -0.3 is 10.0 Å². The fraction of sp³-hybridized carbons (Fsp3) is 0.471. The summed E-state index contributed by atoms with van der Waals surface area (Å²) < 4.78 is 2.64. The van der Waals surface area contributed by atoms with Gasteiger partial charge >= 0.3 is 5.97 Å². The predicted molar refractivity (Wildman–Crippen MR) is 91.7 cm³/mol. The lowest BCUT2D eigenvalue weighted by Gasteiger charge is -2.33. The molecule has 1 aliphatic heterocycles. The minimum Gasteiger partial charge on any atom is -0.480 e. The molecule has 3 heterocycles. The minimum atomic E-state index is -0.955. The van der Waals surface area contributed by atoms with Crippen molar-refractivity contribution in [3.8, 4) is 0 Å². The Morgan fingerprint density at radius 2 is 2.04 bits per heavy atom. The van der Waals surface area contributed by atoms with Gasteiger partial charge in [-0.1, -0.05) is 0 Å². The van der Waals surface area contributed by atoms with Crippen molar-refractivity contribution in [1.82, 2.24) is 24.5 Å². The average Bonchev–Trinajstić information content (AvgIpc) is 3.05. The average molecular weight is 359 g/mol. The molecule has 9 heteroatoms. The first-order chi connectivity index (χ1) is 12.4. The second-order valence-corrected chi connectivity index (χ2v) is 6.46. The minimum absolute atomic E-state index is 0.0248. The smallest absolute Gasteiger partial charge is 0.325 e. The Kier molecular flexibility index (Phi) is 5.15. The molecule has 26 heavy (non-hydrogen) atoms. The standard InChI is InChI=1S/C17H21N5O4/c1-12-4-5-15(23)22(19-12)10-16(24)20-8-2-3-13(9-20)14-6-7-18-21(14)11-17(25)26/h4-7,13H,2-3,8-11H2,1H3,(H,25,26)/t13-/m1/s1. The topological polar surface area (TPSA) is 110 Å². The monoisotopic (exact) mass is 359 g/mol. The van der Waals surface area contributed by atoms with Crippen LogP contribution in [0.25, 0.3) is 0 Å². The molecule has 0 aromatic carbocycles. The normalized spacial score (nSPS) is 17.3. The first kappa shape index (κ1) is 17.8. The molecule has 0 radical (unpaired) electrons. The van der Waals surface area contributed by atoms with E-state index in [4.69, 9.17) is 5.11 Å². The lowest BCUT2D eigenvalue weighted by molar-refractivity contribution is -0.138. The van der Waals surface area contributed by atoms with Gasteiger partial charge in [0.25, 0.3) is 5.56 Å². The van der Waals surface area contributed by atoms with Gasteiger partial charge in [-0.3, -0.25) is 19.1 Å². The zero-order chi connectivity index (χ0) is 18.7. The van der Waals surface area contributed by atoms with Crippen LogP contribution in [-0.4, -0.2) is 54.5 Å². The van der Waals surface area contributed by atoms with Crippen LogP contribution in [0.1, 0.15) is 30.1 Å². The Bertz CT molecular complexity index is 872. The number of aryl methyl sites for hydroxylation is 1. The molecule has 1 fully saturated rings. The summed E-state index contributed by atoms with van der Waals surface area (Å²) in [6.45, 7) is 2.56. The maximum Gasteiger partial charge on any atom is 0.325 e. The Labute approximate surface area is 149 Å². The van der Waals surface area contributed by atoms with Crippen molar-refractivity contribution in [3.05, 3.63) is 46.1 Å². The van der Waals surface area contributed by atoms with E-state index in [9.17, 15) is 14.4 Å². The lowest BCUT2D eigenvalue weighted by Crippen LogP contribution is -2.43. The van der Waals surface area contributed by atoms with Crippen molar-refractivity contribution in [3.63, 3.8) is 0 Å². The summed E-state index contributed by atoms with van der Waals surface area (Å²) in [6, 6.07) is 4.82. The van der Waals surface area contributed by atoms with Crippen molar-refractivity contribution in [2.24, 2.45) is 0 Å². The molecular weight excluding hydrogens is 338 g/mol. The number of aromatic nitrogens is 4.